The molecule has 1 aliphatic heterocycles. The third kappa shape index (κ3) is 4.85. The molecule has 29 heavy (non-hydrogen) atoms. The zero-order chi connectivity index (χ0) is 21.0. The largest absolute Gasteiger partial charge is 0.478 e. The van der Waals surface area contributed by atoms with Crippen molar-refractivity contribution in [3.8, 4) is 0 Å². The second-order valence-corrected chi connectivity index (χ2v) is 7.14. The Kier molecular flexibility index (Phi) is 6.36. The summed E-state index contributed by atoms with van der Waals surface area (Å²) in [4.78, 5) is 35.5. The summed E-state index contributed by atoms with van der Waals surface area (Å²) in [6.45, 7) is 2.93. The van der Waals surface area contributed by atoms with E-state index in [1.54, 1.807) is 32.4 Å². The number of fused-ring (bicyclic) bond motifs is 1. The first-order valence-electron chi connectivity index (χ1n) is 9.52. The van der Waals surface area contributed by atoms with Crippen LogP contribution in [0.1, 0.15) is 41.6 Å². The van der Waals surface area contributed by atoms with Crippen molar-refractivity contribution in [1.82, 2.24) is 9.88 Å². The number of likely N-dealkylation sites (N-methyl/N-ethyl adjacent to an activating group) is 1. The summed E-state index contributed by atoms with van der Waals surface area (Å²) in [6.07, 6.45) is 1.83. The Morgan fingerprint density at radius 1 is 1.24 bits per heavy atom. The number of ketones is 1. The van der Waals surface area contributed by atoms with E-state index >= 15 is 0 Å². The predicted molar refractivity (Wildman–Crippen MR) is 107 cm³/mol. The molecule has 3 rings (SSSR count). The Balaban J connectivity index is 1.72. The number of carbonyl (C=O) groups is 2. The van der Waals surface area contributed by atoms with Crippen molar-refractivity contribution in [3.05, 3.63) is 64.7 Å². The number of halogens is 1. The smallest absolute Gasteiger partial charge is 0.230 e. The molecule has 0 N–H and O–H groups in total. The van der Waals surface area contributed by atoms with Crippen LogP contribution in [0.15, 0.2) is 41.5 Å². The van der Waals surface area contributed by atoms with Gasteiger partial charge in [0, 0.05) is 38.8 Å². The molecule has 1 aliphatic rings. The first-order valence-corrected chi connectivity index (χ1v) is 9.52. The summed E-state index contributed by atoms with van der Waals surface area (Å²) in [5, 5.41) is 0. The number of amides is 1. The lowest BCUT2D eigenvalue weighted by Gasteiger charge is -2.20. The normalized spacial score (nSPS) is 13.4. The fraction of sp³-hybridized carbons (Fsp3) is 0.364. The van der Waals surface area contributed by atoms with Gasteiger partial charge in [0.1, 0.15) is 11.6 Å². The molecule has 0 saturated heterocycles. The van der Waals surface area contributed by atoms with Crippen LogP contribution in [0, 0.1) is 5.82 Å². The molecule has 0 fully saturated rings. The van der Waals surface area contributed by atoms with Gasteiger partial charge in [-0.25, -0.2) is 9.38 Å². The third-order valence-corrected chi connectivity index (χ3v) is 4.77. The average Bonchev–Trinajstić information content (AvgIpc) is 3.09. The number of aliphatic imine (C=N–C) groups is 1. The maximum Gasteiger partial charge on any atom is 0.230 e. The Morgan fingerprint density at radius 2 is 1.97 bits per heavy atom. The van der Waals surface area contributed by atoms with Gasteiger partial charge in [0.25, 0.3) is 0 Å². The second kappa shape index (κ2) is 8.94. The van der Waals surface area contributed by atoms with E-state index in [-0.39, 0.29) is 30.3 Å². The molecule has 1 amide bonds. The number of nitrogens with zero attached hydrogens (tertiary/aromatic N) is 3. The van der Waals surface area contributed by atoms with Gasteiger partial charge < -0.3 is 9.64 Å². The van der Waals surface area contributed by atoms with Gasteiger partial charge in [-0.05, 0) is 36.2 Å². The van der Waals surface area contributed by atoms with E-state index in [1.165, 1.54) is 17.0 Å². The molecule has 0 radical (unpaired) electrons. The summed E-state index contributed by atoms with van der Waals surface area (Å²) in [5.41, 5.74) is 3.09. The molecule has 1 aromatic carbocycles. The first kappa shape index (κ1) is 20.6. The van der Waals surface area contributed by atoms with Crippen LogP contribution in [0.3, 0.4) is 0 Å². The molecule has 7 heteroatoms. The third-order valence-electron chi connectivity index (χ3n) is 4.77. The number of hydrogen-bond donors (Lipinski definition) is 0. The van der Waals surface area contributed by atoms with Gasteiger partial charge in [0.2, 0.25) is 11.8 Å². The van der Waals surface area contributed by atoms with E-state index in [2.05, 4.69) is 9.98 Å². The van der Waals surface area contributed by atoms with Crippen molar-refractivity contribution in [2.24, 2.45) is 4.99 Å². The Hall–Kier alpha value is -3.09. The van der Waals surface area contributed by atoms with E-state index in [0.717, 1.165) is 11.1 Å². The van der Waals surface area contributed by atoms with Gasteiger partial charge in [0.05, 0.1) is 24.6 Å². The fourth-order valence-corrected chi connectivity index (χ4v) is 3.33. The minimum atomic E-state index is -0.652. The number of pyridine rings is 1. The SMILES string of the molecule is CCOC1=NCc2cc(CC(=O)CC(C(=O)N(C)C)c3ccc(F)cc3)ncc21. The lowest BCUT2D eigenvalue weighted by atomic mass is 9.91. The molecule has 2 heterocycles. The van der Waals surface area contributed by atoms with E-state index in [0.29, 0.717) is 30.3 Å². The molecule has 0 bridgehead atoms. The highest BCUT2D eigenvalue weighted by atomic mass is 19.1. The summed E-state index contributed by atoms with van der Waals surface area (Å²) in [6, 6.07) is 7.56. The minimum absolute atomic E-state index is 0.0299. The van der Waals surface area contributed by atoms with Crippen LogP contribution in [0.2, 0.25) is 0 Å². The monoisotopic (exact) mass is 397 g/mol. The maximum atomic E-state index is 13.3. The Bertz CT molecular complexity index is 939. The van der Waals surface area contributed by atoms with E-state index in [1.807, 2.05) is 13.0 Å². The van der Waals surface area contributed by atoms with Gasteiger partial charge in [-0.1, -0.05) is 12.1 Å². The zero-order valence-corrected chi connectivity index (χ0v) is 16.8. The number of benzene rings is 1. The van der Waals surface area contributed by atoms with Crippen molar-refractivity contribution in [2.75, 3.05) is 20.7 Å². The number of ether oxygens (including phenoxy) is 1. The first-order chi connectivity index (χ1) is 13.9. The Labute approximate surface area is 169 Å². The Morgan fingerprint density at radius 3 is 2.62 bits per heavy atom. The number of aromatic nitrogens is 1. The number of hydrogen-bond acceptors (Lipinski definition) is 5. The van der Waals surface area contributed by atoms with Crippen molar-refractivity contribution >= 4 is 17.6 Å². The quantitative estimate of drug-likeness (QED) is 0.720. The van der Waals surface area contributed by atoms with Crippen molar-refractivity contribution in [3.63, 3.8) is 0 Å². The predicted octanol–water partition coefficient (Wildman–Crippen LogP) is 2.89. The van der Waals surface area contributed by atoms with Crippen LogP contribution in [0.5, 0.6) is 0 Å². The molecular weight excluding hydrogens is 373 g/mol. The van der Waals surface area contributed by atoms with E-state index < -0.39 is 5.92 Å². The number of carbonyl (C=O) groups excluding carboxylic acids is 2. The highest BCUT2D eigenvalue weighted by Gasteiger charge is 2.26. The summed E-state index contributed by atoms with van der Waals surface area (Å²) in [5.74, 6) is -0.749. The molecule has 0 saturated carbocycles. The molecule has 1 aromatic heterocycles. The van der Waals surface area contributed by atoms with E-state index in [4.69, 9.17) is 4.74 Å². The van der Waals surface area contributed by atoms with Gasteiger partial charge in [-0.3, -0.25) is 14.6 Å². The molecule has 1 unspecified atom stereocenters. The van der Waals surface area contributed by atoms with Crippen LogP contribution in [0.4, 0.5) is 4.39 Å². The molecule has 6 nitrogen and oxygen atoms in total. The fourth-order valence-electron chi connectivity index (χ4n) is 3.33. The van der Waals surface area contributed by atoms with Gasteiger partial charge in [-0.15, -0.1) is 0 Å². The molecular formula is C22H24FN3O3. The molecule has 152 valence electrons. The van der Waals surface area contributed by atoms with E-state index in [9.17, 15) is 14.0 Å². The second-order valence-electron chi connectivity index (χ2n) is 7.14. The highest BCUT2D eigenvalue weighted by molar-refractivity contribution is 5.97. The van der Waals surface area contributed by atoms with Crippen LogP contribution in [0.25, 0.3) is 0 Å². The van der Waals surface area contributed by atoms with Crippen LogP contribution in [-0.4, -0.2) is 48.2 Å². The summed E-state index contributed by atoms with van der Waals surface area (Å²) in [7, 11) is 3.28. The molecule has 1 atom stereocenters. The van der Waals surface area contributed by atoms with Gasteiger partial charge >= 0.3 is 0 Å². The van der Waals surface area contributed by atoms with Crippen molar-refractivity contribution < 1.29 is 18.7 Å². The molecule has 2 aromatic rings. The number of Topliss-reactive ketones (excluding diaryl/α,β-unsaturated/α-hetero) is 1. The van der Waals surface area contributed by atoms with Gasteiger partial charge in [0.15, 0.2) is 0 Å². The van der Waals surface area contributed by atoms with Crippen molar-refractivity contribution in [1.29, 1.82) is 0 Å². The topological polar surface area (TPSA) is 71.9 Å². The lowest BCUT2D eigenvalue weighted by molar-refractivity contribution is -0.132. The zero-order valence-electron chi connectivity index (χ0n) is 16.8. The standard InChI is InChI=1S/C22H24FN3O3/c1-4-29-21-20-13-24-17(9-15(20)12-25-21)10-18(27)11-19(22(28)26(2)3)14-5-7-16(23)8-6-14/h5-9,13,19H,4,10-12H2,1-3H3. The minimum Gasteiger partial charge on any atom is -0.478 e. The maximum absolute atomic E-state index is 13.3. The lowest BCUT2D eigenvalue weighted by Crippen LogP contribution is -2.30. The number of rotatable bonds is 7. The van der Waals surface area contributed by atoms with Crippen LogP contribution < -0.4 is 0 Å². The summed E-state index contributed by atoms with van der Waals surface area (Å²) < 4.78 is 18.7. The van der Waals surface area contributed by atoms with Gasteiger partial charge in [-0.2, -0.15) is 0 Å². The van der Waals surface area contributed by atoms with Crippen molar-refractivity contribution in [2.45, 2.75) is 32.2 Å². The van der Waals surface area contributed by atoms with Crippen LogP contribution in [-0.2, 0) is 27.3 Å². The highest BCUT2D eigenvalue weighted by Crippen LogP contribution is 2.24. The summed E-state index contributed by atoms with van der Waals surface area (Å²) >= 11 is 0. The van der Waals surface area contributed by atoms with Crippen LogP contribution >= 0.6 is 0 Å². The molecule has 0 aliphatic carbocycles. The molecule has 0 spiro atoms. The average molecular weight is 397 g/mol.